The van der Waals surface area contributed by atoms with Gasteiger partial charge in [0.1, 0.15) is 0 Å². The van der Waals surface area contributed by atoms with Crippen LogP contribution in [0.1, 0.15) is 33.1 Å². The minimum absolute atomic E-state index is 0.0136. The summed E-state index contributed by atoms with van der Waals surface area (Å²) in [5.41, 5.74) is 0.716. The number of rotatable bonds is 4. The minimum Gasteiger partial charge on any atom is -0.371 e. The summed E-state index contributed by atoms with van der Waals surface area (Å²) in [4.78, 5) is 26.4. The lowest BCUT2D eigenvalue weighted by atomic mass is 10.1. The Bertz CT molecular complexity index is 647. The molecule has 2 heterocycles. The molecule has 2 saturated heterocycles. The van der Waals surface area contributed by atoms with E-state index in [0.29, 0.717) is 13.1 Å². The van der Waals surface area contributed by atoms with Crippen molar-refractivity contribution in [2.45, 2.75) is 44.8 Å². The average molecular weight is 395 g/mol. The Labute approximate surface area is 150 Å². The zero-order valence-electron chi connectivity index (χ0n) is 14.0. The van der Waals surface area contributed by atoms with Crippen LogP contribution in [0.25, 0.3) is 0 Å². The second-order valence-electron chi connectivity index (χ2n) is 7.14. The molecule has 0 aliphatic carbocycles. The molecule has 1 N–H and O–H groups in total. The van der Waals surface area contributed by atoms with Gasteiger partial charge < -0.3 is 15.0 Å². The minimum atomic E-state index is -0.306. The number of carbonyl (C=O) groups is 2. The largest absolute Gasteiger partial charge is 0.371 e. The Balaban J connectivity index is 1.56. The number of nitrogens with zero attached hydrogens (tertiary/aromatic N) is 1. The number of carbonyl (C=O) groups excluding carboxylic acids is 2. The fourth-order valence-electron chi connectivity index (χ4n) is 3.37. The van der Waals surface area contributed by atoms with Crippen LogP contribution < -0.4 is 10.2 Å². The first-order valence-corrected chi connectivity index (χ1v) is 9.15. The Hall–Kier alpha value is -1.40. The molecule has 3 rings (SSSR count). The number of hydrogen-bond acceptors (Lipinski definition) is 3. The van der Waals surface area contributed by atoms with Gasteiger partial charge in [-0.3, -0.25) is 9.59 Å². The first-order chi connectivity index (χ1) is 11.4. The van der Waals surface area contributed by atoms with E-state index >= 15 is 0 Å². The molecular formula is C18H23BrN2O3. The quantitative estimate of drug-likeness (QED) is 0.853. The molecular weight excluding hydrogens is 372 g/mol. The zero-order valence-corrected chi connectivity index (χ0v) is 15.6. The molecule has 0 radical (unpaired) electrons. The molecule has 1 aromatic rings. The van der Waals surface area contributed by atoms with E-state index in [-0.39, 0.29) is 35.9 Å². The van der Waals surface area contributed by atoms with Crippen molar-refractivity contribution in [1.29, 1.82) is 0 Å². The van der Waals surface area contributed by atoms with E-state index in [1.54, 1.807) is 4.90 Å². The molecule has 2 aliphatic heterocycles. The second kappa shape index (κ2) is 6.84. The van der Waals surface area contributed by atoms with Gasteiger partial charge in [0.15, 0.2) is 0 Å². The van der Waals surface area contributed by atoms with Crippen molar-refractivity contribution >= 4 is 33.4 Å². The van der Waals surface area contributed by atoms with Gasteiger partial charge in [-0.25, -0.2) is 0 Å². The fraction of sp³-hybridized carbons (Fsp3) is 0.556. The average Bonchev–Trinajstić information content (AvgIpc) is 3.08. The summed E-state index contributed by atoms with van der Waals surface area (Å²) in [6.45, 7) is 5.08. The molecule has 2 fully saturated rings. The maximum absolute atomic E-state index is 12.4. The second-order valence-corrected chi connectivity index (χ2v) is 7.99. The highest BCUT2D eigenvalue weighted by molar-refractivity contribution is 9.10. The fourth-order valence-corrected chi connectivity index (χ4v) is 3.87. The molecule has 2 atom stereocenters. The van der Waals surface area contributed by atoms with E-state index in [1.165, 1.54) is 0 Å². The van der Waals surface area contributed by atoms with Crippen LogP contribution in [-0.2, 0) is 14.3 Å². The van der Waals surface area contributed by atoms with Gasteiger partial charge in [-0.1, -0.05) is 12.1 Å². The van der Waals surface area contributed by atoms with E-state index in [2.05, 4.69) is 35.1 Å². The number of benzene rings is 1. The molecule has 2 amide bonds. The standard InChI is InChI=1S/C18H23BrN2O3/c1-18(2)8-7-13(24-18)10-20-17(23)12-9-16(22)21(11-12)15-6-4-3-5-14(15)19/h3-6,12-13H,7-11H2,1-2H3,(H,20,23)/t12-,13+/m0/s1. The van der Waals surface area contributed by atoms with Crippen LogP contribution in [0.3, 0.4) is 0 Å². The number of hydrogen-bond donors (Lipinski definition) is 1. The number of anilines is 1. The van der Waals surface area contributed by atoms with E-state index in [1.807, 2.05) is 24.3 Å². The predicted molar refractivity (Wildman–Crippen MR) is 95.8 cm³/mol. The summed E-state index contributed by atoms with van der Waals surface area (Å²) in [5, 5.41) is 2.96. The molecule has 5 nitrogen and oxygen atoms in total. The molecule has 2 aliphatic rings. The van der Waals surface area contributed by atoms with Gasteiger partial charge in [0.2, 0.25) is 11.8 Å². The van der Waals surface area contributed by atoms with E-state index in [9.17, 15) is 9.59 Å². The molecule has 0 saturated carbocycles. The Kier molecular flexibility index (Phi) is 4.97. The topological polar surface area (TPSA) is 58.6 Å². The molecule has 24 heavy (non-hydrogen) atoms. The summed E-state index contributed by atoms with van der Waals surface area (Å²) >= 11 is 3.47. The van der Waals surface area contributed by atoms with Crippen molar-refractivity contribution in [3.63, 3.8) is 0 Å². The smallest absolute Gasteiger partial charge is 0.227 e. The van der Waals surface area contributed by atoms with Crippen LogP contribution in [0.5, 0.6) is 0 Å². The summed E-state index contributed by atoms with van der Waals surface area (Å²) in [7, 11) is 0. The summed E-state index contributed by atoms with van der Waals surface area (Å²) in [5.74, 6) is -0.384. The molecule has 130 valence electrons. The Morgan fingerprint density at radius 3 is 2.83 bits per heavy atom. The third-order valence-electron chi connectivity index (χ3n) is 4.70. The monoisotopic (exact) mass is 394 g/mol. The number of amides is 2. The van der Waals surface area contributed by atoms with Crippen LogP contribution in [-0.4, -0.2) is 36.6 Å². The van der Waals surface area contributed by atoms with Crippen molar-refractivity contribution in [3.05, 3.63) is 28.7 Å². The number of para-hydroxylation sites is 1. The van der Waals surface area contributed by atoms with Gasteiger partial charge in [-0.2, -0.15) is 0 Å². The van der Waals surface area contributed by atoms with Gasteiger partial charge in [0.25, 0.3) is 0 Å². The maximum atomic E-state index is 12.4. The summed E-state index contributed by atoms with van der Waals surface area (Å²) in [6, 6.07) is 7.58. The molecule has 0 bridgehead atoms. The number of ether oxygens (including phenoxy) is 1. The van der Waals surface area contributed by atoms with Crippen molar-refractivity contribution in [3.8, 4) is 0 Å². The predicted octanol–water partition coefficient (Wildman–Crippen LogP) is 2.88. The highest BCUT2D eigenvalue weighted by atomic mass is 79.9. The molecule has 1 aromatic carbocycles. The maximum Gasteiger partial charge on any atom is 0.227 e. The lowest BCUT2D eigenvalue weighted by Gasteiger charge is -2.20. The van der Waals surface area contributed by atoms with Crippen LogP contribution in [0.15, 0.2) is 28.7 Å². The SMILES string of the molecule is CC1(C)CC[C@H](CNC(=O)[C@H]2CC(=O)N(c3ccccc3Br)C2)O1. The van der Waals surface area contributed by atoms with Crippen LogP contribution in [0, 0.1) is 5.92 Å². The van der Waals surface area contributed by atoms with Gasteiger partial charge in [-0.15, -0.1) is 0 Å². The molecule has 0 aromatic heterocycles. The van der Waals surface area contributed by atoms with Gasteiger partial charge >= 0.3 is 0 Å². The van der Waals surface area contributed by atoms with Crippen molar-refractivity contribution in [2.24, 2.45) is 5.92 Å². The number of nitrogens with one attached hydrogen (secondary N) is 1. The first-order valence-electron chi connectivity index (χ1n) is 8.36. The Morgan fingerprint density at radius 1 is 1.42 bits per heavy atom. The lowest BCUT2D eigenvalue weighted by Crippen LogP contribution is -2.38. The summed E-state index contributed by atoms with van der Waals surface area (Å²) in [6.07, 6.45) is 2.29. The van der Waals surface area contributed by atoms with Crippen LogP contribution in [0.4, 0.5) is 5.69 Å². The number of halogens is 1. The normalized spacial score (nSPS) is 26.0. The van der Waals surface area contributed by atoms with Crippen molar-refractivity contribution in [2.75, 3.05) is 18.0 Å². The van der Waals surface area contributed by atoms with E-state index < -0.39 is 0 Å². The van der Waals surface area contributed by atoms with Gasteiger partial charge in [0.05, 0.1) is 23.3 Å². The summed E-state index contributed by atoms with van der Waals surface area (Å²) < 4.78 is 6.75. The third-order valence-corrected chi connectivity index (χ3v) is 5.37. The highest BCUT2D eigenvalue weighted by Crippen LogP contribution is 2.32. The first kappa shape index (κ1) is 17.4. The molecule has 0 spiro atoms. The van der Waals surface area contributed by atoms with Gasteiger partial charge in [0, 0.05) is 24.0 Å². The van der Waals surface area contributed by atoms with Crippen LogP contribution in [0.2, 0.25) is 0 Å². The zero-order chi connectivity index (χ0) is 17.3. The van der Waals surface area contributed by atoms with Crippen molar-refractivity contribution in [1.82, 2.24) is 5.32 Å². The van der Waals surface area contributed by atoms with Crippen LogP contribution >= 0.6 is 15.9 Å². The third kappa shape index (κ3) is 3.81. The van der Waals surface area contributed by atoms with E-state index in [4.69, 9.17) is 4.74 Å². The van der Waals surface area contributed by atoms with Crippen molar-refractivity contribution < 1.29 is 14.3 Å². The Morgan fingerprint density at radius 2 is 2.17 bits per heavy atom. The highest BCUT2D eigenvalue weighted by Gasteiger charge is 2.37. The molecule has 6 heteroatoms. The van der Waals surface area contributed by atoms with Gasteiger partial charge in [-0.05, 0) is 54.8 Å². The molecule has 0 unspecified atom stereocenters. The van der Waals surface area contributed by atoms with E-state index in [0.717, 1.165) is 23.0 Å². The lowest BCUT2D eigenvalue weighted by molar-refractivity contribution is -0.127.